The Morgan fingerprint density at radius 3 is 2.22 bits per heavy atom. The van der Waals surface area contributed by atoms with Crippen LogP contribution in [0.15, 0.2) is 36.4 Å². The molecular weight excluding hydrogens is 326 g/mol. The van der Waals surface area contributed by atoms with Crippen LogP contribution < -0.4 is 29.1 Å². The van der Waals surface area contributed by atoms with Crippen molar-refractivity contribution >= 4 is 29.8 Å². The Kier molecular flexibility index (Phi) is 6.90. The third-order valence-electron chi connectivity index (χ3n) is 3.84. The number of alkyl halides is 1. The van der Waals surface area contributed by atoms with Gasteiger partial charge in [0.1, 0.15) is 7.37 Å². The van der Waals surface area contributed by atoms with Gasteiger partial charge in [0.25, 0.3) is 0 Å². The molecule has 0 aliphatic rings. The molecule has 1 atom stereocenters. The van der Waals surface area contributed by atoms with Crippen molar-refractivity contribution in [2.24, 2.45) is 0 Å². The van der Waals surface area contributed by atoms with Crippen LogP contribution >= 0.6 is 19.0 Å². The molecule has 0 spiro atoms. The number of aryl methyl sites for hydroxylation is 2. The Morgan fingerprint density at radius 2 is 1.70 bits per heavy atom. The molecule has 0 saturated carbocycles. The largest absolute Gasteiger partial charge is 1.00 e. The first-order valence-corrected chi connectivity index (χ1v) is 9.03. The van der Waals surface area contributed by atoms with Crippen LogP contribution in [0.2, 0.25) is 0 Å². The number of rotatable bonds is 4. The van der Waals surface area contributed by atoms with E-state index >= 15 is 0 Å². The zero-order chi connectivity index (χ0) is 16.5. The van der Waals surface area contributed by atoms with Gasteiger partial charge in [0, 0.05) is 16.7 Å². The molecule has 0 aliphatic heterocycles. The van der Waals surface area contributed by atoms with E-state index in [0.717, 1.165) is 11.1 Å². The SMILES string of the molecule is Cc1cc(C)c(C(=O)P(=O)([O-])c2ccccc2)c(C)c1CCl.[Li+]. The molecule has 0 N–H and O–H groups in total. The van der Waals surface area contributed by atoms with Gasteiger partial charge in [-0.25, -0.2) is 0 Å². The van der Waals surface area contributed by atoms with Crippen molar-refractivity contribution in [2.45, 2.75) is 26.7 Å². The van der Waals surface area contributed by atoms with Crippen molar-refractivity contribution in [1.29, 1.82) is 0 Å². The molecule has 23 heavy (non-hydrogen) atoms. The number of hydrogen-bond donors (Lipinski definition) is 0. The predicted molar refractivity (Wildman–Crippen MR) is 88.2 cm³/mol. The summed E-state index contributed by atoms with van der Waals surface area (Å²) in [7, 11) is -4.39. The van der Waals surface area contributed by atoms with Crippen molar-refractivity contribution in [3.8, 4) is 0 Å². The summed E-state index contributed by atoms with van der Waals surface area (Å²) in [5.41, 5.74) is 2.46. The topological polar surface area (TPSA) is 57.2 Å². The van der Waals surface area contributed by atoms with E-state index in [9.17, 15) is 14.3 Å². The van der Waals surface area contributed by atoms with Gasteiger partial charge >= 0.3 is 18.9 Å². The molecule has 6 heteroatoms. The Labute approximate surface area is 153 Å². The molecule has 0 radical (unpaired) electrons. The summed E-state index contributed by atoms with van der Waals surface area (Å²) in [5.74, 6) is 0.243. The second-order valence-electron chi connectivity index (χ2n) is 5.31. The fourth-order valence-electron chi connectivity index (χ4n) is 2.65. The minimum absolute atomic E-state index is 0. The summed E-state index contributed by atoms with van der Waals surface area (Å²) in [6, 6.07) is 9.60. The molecule has 0 fully saturated rings. The van der Waals surface area contributed by atoms with Gasteiger partial charge in [-0.3, -0.25) is 4.79 Å². The fraction of sp³-hybridized carbons (Fsp3) is 0.235. The van der Waals surface area contributed by atoms with Crippen LogP contribution in [0, 0.1) is 20.8 Å². The third-order valence-corrected chi connectivity index (χ3v) is 5.85. The third kappa shape index (κ3) is 3.82. The van der Waals surface area contributed by atoms with Crippen molar-refractivity contribution in [1.82, 2.24) is 0 Å². The van der Waals surface area contributed by atoms with Crippen molar-refractivity contribution < 1.29 is 33.1 Å². The van der Waals surface area contributed by atoms with Gasteiger partial charge in [-0.2, -0.15) is 0 Å². The number of hydrogen-bond acceptors (Lipinski definition) is 3. The van der Waals surface area contributed by atoms with E-state index in [1.54, 1.807) is 32.0 Å². The maximum Gasteiger partial charge on any atom is 1.00 e. The molecule has 0 aliphatic carbocycles. The fourth-order valence-corrected chi connectivity index (χ4v) is 4.50. The normalized spacial score (nSPS) is 13.1. The average molecular weight is 343 g/mol. The Morgan fingerprint density at radius 1 is 1.13 bits per heavy atom. The van der Waals surface area contributed by atoms with E-state index in [0.29, 0.717) is 11.1 Å². The second kappa shape index (κ2) is 7.84. The van der Waals surface area contributed by atoms with Crippen molar-refractivity contribution in [3.63, 3.8) is 0 Å². The van der Waals surface area contributed by atoms with E-state index in [-0.39, 0.29) is 35.6 Å². The molecule has 0 heterocycles. The van der Waals surface area contributed by atoms with Gasteiger partial charge in [0.15, 0.2) is 0 Å². The molecule has 116 valence electrons. The summed E-state index contributed by atoms with van der Waals surface area (Å²) in [6.07, 6.45) is 0. The summed E-state index contributed by atoms with van der Waals surface area (Å²) >= 11 is 5.94. The minimum Gasteiger partial charge on any atom is -0.790 e. The Balaban J connectivity index is 0.00000264. The average Bonchev–Trinajstić information content (AvgIpc) is 2.48. The number of carbonyl (C=O) groups is 1. The first-order valence-electron chi connectivity index (χ1n) is 6.88. The van der Waals surface area contributed by atoms with Gasteiger partial charge in [-0.1, -0.05) is 36.4 Å². The molecule has 0 amide bonds. The molecular formula is C17H17ClLiO3P. The van der Waals surface area contributed by atoms with Crippen LogP contribution in [-0.2, 0) is 10.4 Å². The van der Waals surface area contributed by atoms with Crippen LogP contribution in [0.1, 0.15) is 32.6 Å². The van der Waals surface area contributed by atoms with Crippen LogP contribution in [-0.4, -0.2) is 5.52 Å². The Bertz CT molecular complexity index is 775. The zero-order valence-corrected chi connectivity index (χ0v) is 15.4. The maximum atomic E-state index is 12.7. The molecule has 2 aromatic rings. The minimum atomic E-state index is -4.39. The summed E-state index contributed by atoms with van der Waals surface area (Å²) in [6.45, 7) is 5.39. The number of halogens is 1. The molecule has 0 aromatic heterocycles. The van der Waals surface area contributed by atoms with E-state index < -0.39 is 12.9 Å². The quantitative estimate of drug-likeness (QED) is 0.461. The van der Waals surface area contributed by atoms with E-state index in [2.05, 4.69) is 0 Å². The van der Waals surface area contributed by atoms with Gasteiger partial charge in [0.05, 0.1) is 0 Å². The van der Waals surface area contributed by atoms with Crippen molar-refractivity contribution in [2.75, 3.05) is 0 Å². The van der Waals surface area contributed by atoms with Crippen LogP contribution in [0.3, 0.4) is 0 Å². The van der Waals surface area contributed by atoms with Gasteiger partial charge in [0.2, 0.25) is 5.52 Å². The van der Waals surface area contributed by atoms with E-state index in [1.165, 1.54) is 12.1 Å². The summed E-state index contributed by atoms with van der Waals surface area (Å²) in [5, 5.41) is 0.0341. The number of carbonyl (C=O) groups excluding carboxylic acids is 1. The summed E-state index contributed by atoms with van der Waals surface area (Å²) < 4.78 is 12.6. The standard InChI is InChI=1S/C17H18ClO3P.Li/c1-11-9-12(2)16(13(3)15(11)10-18)17(19)22(20,21)14-7-5-4-6-8-14;/h4-9H,10H2,1-3H3,(H,20,21);/q;+1/p-1. The van der Waals surface area contributed by atoms with E-state index in [1.807, 2.05) is 13.0 Å². The molecule has 0 bridgehead atoms. The predicted octanol–water partition coefficient (Wildman–Crippen LogP) is 0.459. The first-order chi connectivity index (χ1) is 10.3. The molecule has 2 aromatic carbocycles. The maximum absolute atomic E-state index is 12.7. The Hall–Kier alpha value is -0.813. The van der Waals surface area contributed by atoms with E-state index in [4.69, 9.17) is 11.6 Å². The molecule has 0 saturated heterocycles. The van der Waals surface area contributed by atoms with Crippen molar-refractivity contribution in [3.05, 3.63) is 64.2 Å². The second-order valence-corrected chi connectivity index (χ2v) is 7.61. The molecule has 1 unspecified atom stereocenters. The first kappa shape index (κ1) is 20.2. The van der Waals surface area contributed by atoms with Gasteiger partial charge < -0.3 is 9.46 Å². The van der Waals surface area contributed by atoms with Crippen LogP contribution in [0.25, 0.3) is 0 Å². The number of benzene rings is 2. The molecule has 3 nitrogen and oxygen atoms in total. The molecule has 2 rings (SSSR count). The zero-order valence-electron chi connectivity index (χ0n) is 13.7. The van der Waals surface area contributed by atoms with Crippen LogP contribution in [0.4, 0.5) is 0 Å². The monoisotopic (exact) mass is 342 g/mol. The smallest absolute Gasteiger partial charge is 0.790 e. The van der Waals surface area contributed by atoms with Crippen LogP contribution in [0.5, 0.6) is 0 Å². The summed E-state index contributed by atoms with van der Waals surface area (Å²) in [4.78, 5) is 25.2. The van der Waals surface area contributed by atoms with Gasteiger partial charge in [-0.05, 0) is 43.0 Å². The van der Waals surface area contributed by atoms with Gasteiger partial charge in [-0.15, -0.1) is 11.6 Å².